The van der Waals surface area contributed by atoms with Crippen LogP contribution in [0.1, 0.15) is 5.56 Å². The molecule has 0 aliphatic rings. The largest absolute Gasteiger partial charge is 0.341 e. The normalized spacial score (nSPS) is 11.0. The second-order valence-corrected chi connectivity index (χ2v) is 4.95. The lowest BCUT2D eigenvalue weighted by atomic mass is 10.2. The summed E-state index contributed by atoms with van der Waals surface area (Å²) in [6, 6.07) is 8.16. The molecule has 6 nitrogen and oxygen atoms in total. The van der Waals surface area contributed by atoms with Gasteiger partial charge in [-0.2, -0.15) is 4.68 Å². The molecule has 2 aromatic rings. The van der Waals surface area contributed by atoms with E-state index < -0.39 is 0 Å². The van der Waals surface area contributed by atoms with Crippen LogP contribution in [0.25, 0.3) is 5.69 Å². The second kappa shape index (κ2) is 5.79. The number of anilines is 1. The van der Waals surface area contributed by atoms with Crippen LogP contribution in [-0.4, -0.2) is 59.3 Å². The minimum absolute atomic E-state index is 0.755. The molecule has 0 aliphatic heterocycles. The summed E-state index contributed by atoms with van der Waals surface area (Å²) >= 11 is 0. The maximum Gasteiger partial charge on any atom is 0.250 e. The number of benzene rings is 1. The van der Waals surface area contributed by atoms with Gasteiger partial charge in [-0.3, -0.25) is 0 Å². The van der Waals surface area contributed by atoms with Crippen molar-refractivity contribution in [3.05, 3.63) is 29.8 Å². The highest BCUT2D eigenvalue weighted by atomic mass is 15.6. The monoisotopic (exact) mass is 260 g/mol. The molecule has 6 heteroatoms. The SMILES string of the molecule is Cc1ccc(-n2nnnc2N(C)CCN(C)C)cc1. The minimum Gasteiger partial charge on any atom is -0.341 e. The first-order chi connectivity index (χ1) is 9.08. The molecule has 102 valence electrons. The van der Waals surface area contributed by atoms with Gasteiger partial charge >= 0.3 is 0 Å². The van der Waals surface area contributed by atoms with Crippen molar-refractivity contribution in [2.75, 3.05) is 39.1 Å². The smallest absolute Gasteiger partial charge is 0.250 e. The zero-order valence-corrected chi connectivity index (χ0v) is 11.9. The maximum atomic E-state index is 4.10. The zero-order chi connectivity index (χ0) is 13.8. The first-order valence-electron chi connectivity index (χ1n) is 6.29. The Hall–Kier alpha value is -1.95. The van der Waals surface area contributed by atoms with Gasteiger partial charge in [0.1, 0.15) is 0 Å². The molecule has 0 N–H and O–H groups in total. The van der Waals surface area contributed by atoms with E-state index in [1.165, 1.54) is 5.56 Å². The lowest BCUT2D eigenvalue weighted by Crippen LogP contribution is -2.30. The van der Waals surface area contributed by atoms with Gasteiger partial charge in [-0.15, -0.1) is 0 Å². The van der Waals surface area contributed by atoms with Gasteiger partial charge in [0, 0.05) is 20.1 Å². The Bertz CT molecular complexity index is 516. The van der Waals surface area contributed by atoms with E-state index in [1.807, 2.05) is 19.2 Å². The summed E-state index contributed by atoms with van der Waals surface area (Å²) in [6.45, 7) is 3.89. The van der Waals surface area contributed by atoms with Crippen LogP contribution < -0.4 is 4.90 Å². The number of likely N-dealkylation sites (N-methyl/N-ethyl adjacent to an activating group) is 2. The lowest BCUT2D eigenvalue weighted by Gasteiger charge is -2.19. The van der Waals surface area contributed by atoms with Crippen molar-refractivity contribution in [1.29, 1.82) is 0 Å². The van der Waals surface area contributed by atoms with Gasteiger partial charge in [0.15, 0.2) is 0 Å². The van der Waals surface area contributed by atoms with Crippen molar-refractivity contribution in [3.63, 3.8) is 0 Å². The first kappa shape index (κ1) is 13.5. The average molecular weight is 260 g/mol. The van der Waals surface area contributed by atoms with Crippen molar-refractivity contribution in [1.82, 2.24) is 25.1 Å². The summed E-state index contributed by atoms with van der Waals surface area (Å²) in [5.74, 6) is 0.755. The number of aromatic nitrogens is 4. The van der Waals surface area contributed by atoms with E-state index in [2.05, 4.69) is 58.5 Å². The third kappa shape index (κ3) is 3.29. The molecule has 1 aromatic carbocycles. The molecular formula is C13H20N6. The van der Waals surface area contributed by atoms with Crippen LogP contribution in [0.3, 0.4) is 0 Å². The summed E-state index contributed by atoms with van der Waals surface area (Å²) in [6.07, 6.45) is 0. The van der Waals surface area contributed by atoms with Crippen molar-refractivity contribution in [2.24, 2.45) is 0 Å². The van der Waals surface area contributed by atoms with Crippen LogP contribution in [-0.2, 0) is 0 Å². The summed E-state index contributed by atoms with van der Waals surface area (Å²) in [5.41, 5.74) is 2.20. The van der Waals surface area contributed by atoms with E-state index >= 15 is 0 Å². The summed E-state index contributed by atoms with van der Waals surface area (Å²) in [5, 5.41) is 11.9. The fourth-order valence-electron chi connectivity index (χ4n) is 1.72. The molecule has 0 aliphatic carbocycles. The third-order valence-corrected chi connectivity index (χ3v) is 2.96. The molecule has 0 saturated carbocycles. The highest BCUT2D eigenvalue weighted by Gasteiger charge is 2.12. The topological polar surface area (TPSA) is 50.1 Å². The van der Waals surface area contributed by atoms with E-state index in [9.17, 15) is 0 Å². The van der Waals surface area contributed by atoms with E-state index in [1.54, 1.807) is 4.68 Å². The molecule has 0 saturated heterocycles. The molecule has 1 aromatic heterocycles. The predicted octanol–water partition coefficient (Wildman–Crippen LogP) is 0.969. The van der Waals surface area contributed by atoms with Crippen LogP contribution in [0.4, 0.5) is 5.95 Å². The van der Waals surface area contributed by atoms with Gasteiger partial charge in [-0.1, -0.05) is 22.8 Å². The Morgan fingerprint density at radius 3 is 2.37 bits per heavy atom. The Labute approximate surface area is 113 Å². The molecule has 19 heavy (non-hydrogen) atoms. The maximum absolute atomic E-state index is 4.10. The van der Waals surface area contributed by atoms with Gasteiger partial charge in [0.25, 0.3) is 0 Å². The van der Waals surface area contributed by atoms with Crippen molar-refractivity contribution >= 4 is 5.95 Å². The Balaban J connectivity index is 2.19. The highest BCUT2D eigenvalue weighted by molar-refractivity contribution is 5.41. The molecule has 0 fully saturated rings. The molecule has 0 atom stereocenters. The molecule has 0 spiro atoms. The number of rotatable bonds is 5. The second-order valence-electron chi connectivity index (χ2n) is 4.95. The minimum atomic E-state index is 0.755. The Morgan fingerprint density at radius 2 is 1.74 bits per heavy atom. The van der Waals surface area contributed by atoms with E-state index in [0.29, 0.717) is 0 Å². The summed E-state index contributed by atoms with van der Waals surface area (Å²) < 4.78 is 1.76. The third-order valence-electron chi connectivity index (χ3n) is 2.96. The lowest BCUT2D eigenvalue weighted by molar-refractivity contribution is 0.415. The van der Waals surface area contributed by atoms with Gasteiger partial charge in [0.05, 0.1) is 5.69 Å². The van der Waals surface area contributed by atoms with Crippen LogP contribution in [0, 0.1) is 6.92 Å². The number of nitrogens with zero attached hydrogens (tertiary/aromatic N) is 6. The fraction of sp³-hybridized carbons (Fsp3) is 0.462. The molecule has 2 rings (SSSR count). The van der Waals surface area contributed by atoms with E-state index in [4.69, 9.17) is 0 Å². The predicted molar refractivity (Wildman–Crippen MR) is 75.7 cm³/mol. The zero-order valence-electron chi connectivity index (χ0n) is 11.9. The summed E-state index contributed by atoms with van der Waals surface area (Å²) in [7, 11) is 6.10. The van der Waals surface area contributed by atoms with Gasteiger partial charge in [0.2, 0.25) is 5.95 Å². The van der Waals surface area contributed by atoms with Gasteiger partial charge in [-0.25, -0.2) is 0 Å². The molecule has 0 bridgehead atoms. The fourth-order valence-corrected chi connectivity index (χ4v) is 1.72. The molecule has 1 heterocycles. The van der Waals surface area contributed by atoms with Crippen LogP contribution in [0.2, 0.25) is 0 Å². The number of tetrazole rings is 1. The molecular weight excluding hydrogens is 240 g/mol. The molecule has 0 unspecified atom stereocenters. The van der Waals surface area contributed by atoms with Crippen LogP contribution in [0.15, 0.2) is 24.3 Å². The van der Waals surface area contributed by atoms with E-state index in [-0.39, 0.29) is 0 Å². The summed E-state index contributed by atoms with van der Waals surface area (Å²) in [4.78, 5) is 4.19. The van der Waals surface area contributed by atoms with Gasteiger partial charge in [-0.05, 0) is 43.6 Å². The van der Waals surface area contributed by atoms with Crippen molar-refractivity contribution in [2.45, 2.75) is 6.92 Å². The van der Waals surface area contributed by atoms with Crippen molar-refractivity contribution < 1.29 is 0 Å². The Kier molecular flexibility index (Phi) is 4.11. The van der Waals surface area contributed by atoms with Crippen LogP contribution in [0.5, 0.6) is 0 Å². The van der Waals surface area contributed by atoms with E-state index in [0.717, 1.165) is 24.7 Å². The first-order valence-corrected chi connectivity index (χ1v) is 6.29. The number of hydrogen-bond acceptors (Lipinski definition) is 5. The molecule has 0 radical (unpaired) electrons. The standard InChI is InChI=1S/C13H20N6/c1-11-5-7-12(8-6-11)19-13(14-15-16-19)18(4)10-9-17(2)3/h5-8H,9-10H2,1-4H3. The van der Waals surface area contributed by atoms with Gasteiger partial charge < -0.3 is 9.80 Å². The highest BCUT2D eigenvalue weighted by Crippen LogP contribution is 2.14. The average Bonchev–Trinajstić information content (AvgIpc) is 2.86. The quantitative estimate of drug-likeness (QED) is 0.801. The Morgan fingerprint density at radius 1 is 1.05 bits per heavy atom. The number of hydrogen-bond donors (Lipinski definition) is 0. The van der Waals surface area contributed by atoms with Crippen LogP contribution >= 0.6 is 0 Å². The number of aryl methyl sites for hydroxylation is 1. The van der Waals surface area contributed by atoms with Crippen molar-refractivity contribution in [3.8, 4) is 5.69 Å². The molecule has 0 amide bonds.